The zero-order chi connectivity index (χ0) is 27.5. The molecule has 1 saturated heterocycles. The Bertz CT molecular complexity index is 1180. The lowest BCUT2D eigenvalue weighted by Crippen LogP contribution is -2.23. The number of hydrogen-bond acceptors (Lipinski definition) is 10. The van der Waals surface area contributed by atoms with Gasteiger partial charge in [-0.05, 0) is 57.4 Å². The van der Waals surface area contributed by atoms with Crippen LogP contribution in [0.1, 0.15) is 60.5 Å². The van der Waals surface area contributed by atoms with Crippen molar-refractivity contribution in [2.24, 2.45) is 0 Å². The first-order valence-corrected chi connectivity index (χ1v) is 13.2. The maximum atomic E-state index is 12.3. The van der Waals surface area contributed by atoms with Gasteiger partial charge in [0, 0.05) is 25.2 Å². The highest BCUT2D eigenvalue weighted by Crippen LogP contribution is 2.27. The van der Waals surface area contributed by atoms with Crippen molar-refractivity contribution in [1.82, 2.24) is 15.0 Å². The molecule has 1 unspecified atom stereocenters. The van der Waals surface area contributed by atoms with Crippen molar-refractivity contribution < 1.29 is 33.3 Å². The van der Waals surface area contributed by atoms with E-state index in [4.69, 9.17) is 28.7 Å². The molecule has 10 heteroatoms. The zero-order valence-corrected chi connectivity index (χ0v) is 22.3. The lowest BCUT2D eigenvalue weighted by atomic mass is 10.1. The van der Waals surface area contributed by atoms with E-state index >= 15 is 0 Å². The third kappa shape index (κ3) is 8.05. The average molecular weight is 536 g/mol. The fourth-order valence-electron chi connectivity index (χ4n) is 3.95. The number of esters is 2. The molecule has 10 nitrogen and oxygen atoms in total. The third-order valence-corrected chi connectivity index (χ3v) is 5.79. The molecule has 1 aliphatic heterocycles. The summed E-state index contributed by atoms with van der Waals surface area (Å²) in [5.74, 6) is -0.494. The van der Waals surface area contributed by atoms with Gasteiger partial charge in [-0.15, -0.1) is 0 Å². The number of ether oxygens (including phenoxy) is 5. The van der Waals surface area contributed by atoms with Gasteiger partial charge >= 0.3 is 11.9 Å². The minimum atomic E-state index is -0.516. The molecule has 0 aliphatic carbocycles. The van der Waals surface area contributed by atoms with Crippen molar-refractivity contribution in [2.75, 3.05) is 33.0 Å². The topological polar surface area (TPSA) is 119 Å². The molecule has 0 bridgehead atoms. The molecule has 206 valence electrons. The standard InChI is InChI=1S/C29H33N3O7/c1-3-35-28(33)23-12-7-10-21(30-23)25-18-20(37-16-9-17-39-27-14-5-6-15-38-27)19-26(32-25)22-11-8-13-24(31-22)29(34)36-4-2/h7-8,10-13,18-19,27H,3-6,9,14-17H2,1-2H3. The summed E-state index contributed by atoms with van der Waals surface area (Å²) >= 11 is 0. The third-order valence-electron chi connectivity index (χ3n) is 5.79. The predicted octanol–water partition coefficient (Wildman–Crippen LogP) is 4.87. The quantitative estimate of drug-likeness (QED) is 0.235. The summed E-state index contributed by atoms with van der Waals surface area (Å²) < 4.78 is 27.6. The van der Waals surface area contributed by atoms with Crippen LogP contribution in [0.15, 0.2) is 48.5 Å². The molecule has 39 heavy (non-hydrogen) atoms. The van der Waals surface area contributed by atoms with Crippen LogP contribution < -0.4 is 4.74 Å². The molecule has 1 aliphatic rings. The monoisotopic (exact) mass is 535 g/mol. The number of pyridine rings is 3. The van der Waals surface area contributed by atoms with E-state index < -0.39 is 11.9 Å². The zero-order valence-electron chi connectivity index (χ0n) is 22.3. The van der Waals surface area contributed by atoms with Gasteiger partial charge in [-0.2, -0.15) is 0 Å². The largest absolute Gasteiger partial charge is 0.493 e. The summed E-state index contributed by atoms with van der Waals surface area (Å²) in [4.78, 5) is 38.1. The Morgan fingerprint density at radius 2 is 1.44 bits per heavy atom. The van der Waals surface area contributed by atoms with Crippen molar-refractivity contribution in [1.29, 1.82) is 0 Å². The summed E-state index contributed by atoms with van der Waals surface area (Å²) in [6.07, 6.45) is 3.62. The van der Waals surface area contributed by atoms with E-state index in [0.29, 0.717) is 48.2 Å². The van der Waals surface area contributed by atoms with E-state index in [9.17, 15) is 9.59 Å². The first-order valence-electron chi connectivity index (χ1n) is 13.2. The maximum Gasteiger partial charge on any atom is 0.356 e. The van der Waals surface area contributed by atoms with Gasteiger partial charge in [0.15, 0.2) is 6.29 Å². The molecular formula is C29H33N3O7. The van der Waals surface area contributed by atoms with E-state index in [1.807, 2.05) is 0 Å². The van der Waals surface area contributed by atoms with Crippen LogP contribution in [0.2, 0.25) is 0 Å². The van der Waals surface area contributed by atoms with E-state index in [1.165, 1.54) is 0 Å². The molecule has 0 spiro atoms. The summed E-state index contributed by atoms with van der Waals surface area (Å²) in [6.45, 7) is 5.62. The van der Waals surface area contributed by atoms with Crippen LogP contribution in [0.25, 0.3) is 22.8 Å². The van der Waals surface area contributed by atoms with Crippen molar-refractivity contribution in [2.45, 2.75) is 45.8 Å². The highest BCUT2D eigenvalue weighted by Gasteiger charge is 2.16. The number of aromatic nitrogens is 3. The Morgan fingerprint density at radius 3 is 1.97 bits per heavy atom. The van der Waals surface area contributed by atoms with E-state index in [1.54, 1.807) is 62.4 Å². The summed E-state index contributed by atoms with van der Waals surface area (Å²) in [5.41, 5.74) is 2.23. The second-order valence-electron chi connectivity index (χ2n) is 8.70. The number of carbonyl (C=O) groups excluding carboxylic acids is 2. The van der Waals surface area contributed by atoms with Crippen molar-refractivity contribution in [3.63, 3.8) is 0 Å². The summed E-state index contributed by atoms with van der Waals surface area (Å²) in [7, 11) is 0. The van der Waals surface area contributed by atoms with Crippen LogP contribution in [0.5, 0.6) is 5.75 Å². The van der Waals surface area contributed by atoms with Crippen LogP contribution in [0.4, 0.5) is 0 Å². The number of hydrogen-bond donors (Lipinski definition) is 0. The van der Waals surface area contributed by atoms with Gasteiger partial charge in [0.1, 0.15) is 17.1 Å². The lowest BCUT2D eigenvalue weighted by molar-refractivity contribution is -0.163. The molecule has 4 heterocycles. The number of rotatable bonds is 12. The van der Waals surface area contributed by atoms with E-state index in [2.05, 4.69) is 9.97 Å². The van der Waals surface area contributed by atoms with Crippen LogP contribution in [-0.4, -0.2) is 66.2 Å². The normalized spacial score (nSPS) is 15.0. The minimum Gasteiger partial charge on any atom is -0.493 e. The van der Waals surface area contributed by atoms with Crippen molar-refractivity contribution >= 4 is 11.9 Å². The Kier molecular flexibility index (Phi) is 10.3. The molecule has 0 N–H and O–H groups in total. The molecule has 0 amide bonds. The smallest absolute Gasteiger partial charge is 0.356 e. The van der Waals surface area contributed by atoms with Gasteiger partial charge in [0.05, 0.1) is 49.2 Å². The second-order valence-corrected chi connectivity index (χ2v) is 8.70. The van der Waals surface area contributed by atoms with Gasteiger partial charge in [-0.1, -0.05) is 12.1 Å². The van der Waals surface area contributed by atoms with Gasteiger partial charge in [0.2, 0.25) is 0 Å². The molecule has 3 aromatic rings. The van der Waals surface area contributed by atoms with Gasteiger partial charge in [-0.3, -0.25) is 0 Å². The van der Waals surface area contributed by atoms with E-state index in [-0.39, 0.29) is 30.9 Å². The van der Waals surface area contributed by atoms with Gasteiger partial charge < -0.3 is 23.7 Å². The van der Waals surface area contributed by atoms with Crippen molar-refractivity contribution in [3.8, 4) is 28.5 Å². The van der Waals surface area contributed by atoms with Crippen LogP contribution in [0, 0.1) is 0 Å². The highest BCUT2D eigenvalue weighted by molar-refractivity contribution is 5.88. The number of nitrogens with zero attached hydrogens (tertiary/aromatic N) is 3. The first-order chi connectivity index (χ1) is 19.1. The van der Waals surface area contributed by atoms with Crippen LogP contribution in [0.3, 0.4) is 0 Å². The Morgan fingerprint density at radius 1 is 0.821 bits per heavy atom. The Balaban J connectivity index is 1.57. The van der Waals surface area contributed by atoms with E-state index in [0.717, 1.165) is 25.9 Å². The number of carbonyl (C=O) groups is 2. The fraction of sp³-hybridized carbons (Fsp3) is 0.414. The fourth-order valence-corrected chi connectivity index (χ4v) is 3.95. The molecular weight excluding hydrogens is 502 g/mol. The molecule has 0 radical (unpaired) electrons. The van der Waals surface area contributed by atoms with Crippen molar-refractivity contribution in [3.05, 3.63) is 59.9 Å². The summed E-state index contributed by atoms with van der Waals surface area (Å²) in [5, 5.41) is 0. The average Bonchev–Trinajstić information content (AvgIpc) is 2.98. The lowest BCUT2D eigenvalue weighted by Gasteiger charge is -2.22. The molecule has 3 aromatic heterocycles. The minimum absolute atomic E-state index is 0.145. The molecule has 1 atom stereocenters. The first kappa shape index (κ1) is 28.1. The molecule has 0 saturated carbocycles. The van der Waals surface area contributed by atoms with Crippen LogP contribution >= 0.6 is 0 Å². The predicted molar refractivity (Wildman–Crippen MR) is 142 cm³/mol. The molecule has 0 aromatic carbocycles. The highest BCUT2D eigenvalue weighted by atomic mass is 16.7. The van der Waals surface area contributed by atoms with Crippen LogP contribution in [-0.2, 0) is 18.9 Å². The second kappa shape index (κ2) is 14.3. The van der Waals surface area contributed by atoms with Gasteiger partial charge in [0.25, 0.3) is 0 Å². The Hall–Kier alpha value is -3.89. The Labute approximate surface area is 227 Å². The van der Waals surface area contributed by atoms with Gasteiger partial charge in [-0.25, -0.2) is 24.5 Å². The molecule has 4 rings (SSSR count). The molecule has 1 fully saturated rings. The summed E-state index contributed by atoms with van der Waals surface area (Å²) in [6, 6.07) is 13.6. The SMILES string of the molecule is CCOC(=O)c1cccc(-c2cc(OCCCOC3CCCCO3)cc(-c3cccc(C(=O)OCC)n3)n2)n1. The maximum absolute atomic E-state index is 12.3.